The van der Waals surface area contributed by atoms with Crippen molar-refractivity contribution < 1.29 is 0 Å². The van der Waals surface area contributed by atoms with Gasteiger partial charge < -0.3 is 0 Å². The summed E-state index contributed by atoms with van der Waals surface area (Å²) >= 11 is 3.51. The van der Waals surface area contributed by atoms with Gasteiger partial charge in [-0.3, -0.25) is 0 Å². The molecule has 4 rings (SSSR count). The first kappa shape index (κ1) is 17.0. The van der Waals surface area contributed by atoms with Crippen LogP contribution in [0, 0.1) is 5.92 Å². The van der Waals surface area contributed by atoms with Crippen LogP contribution in [0.15, 0.2) is 23.5 Å². The van der Waals surface area contributed by atoms with Crippen molar-refractivity contribution in [2.45, 2.75) is 51.5 Å². The SMILES string of the molecule is C=C(C)CSc1ncnc2c1sc1nc(CC(C)C)c3c(c12)CCC3. The summed E-state index contributed by atoms with van der Waals surface area (Å²) in [5.41, 5.74) is 6.57. The number of hydrogen-bond acceptors (Lipinski definition) is 5. The first-order valence-corrected chi connectivity index (χ1v) is 10.7. The quantitative estimate of drug-likeness (QED) is 0.333. The maximum absolute atomic E-state index is 5.08. The van der Waals surface area contributed by atoms with Crippen LogP contribution in [0.1, 0.15) is 44.0 Å². The fourth-order valence-corrected chi connectivity index (χ4v) is 5.70. The fourth-order valence-electron chi connectivity index (χ4n) is 3.61. The normalized spacial score (nSPS) is 13.9. The highest BCUT2D eigenvalue weighted by atomic mass is 32.2. The molecule has 0 saturated heterocycles. The third-order valence-electron chi connectivity index (χ3n) is 4.58. The maximum Gasteiger partial charge on any atom is 0.126 e. The highest BCUT2D eigenvalue weighted by Gasteiger charge is 2.24. The van der Waals surface area contributed by atoms with E-state index in [1.165, 1.54) is 39.7 Å². The molecular formula is C20H23N3S2. The van der Waals surface area contributed by atoms with E-state index in [1.54, 1.807) is 29.4 Å². The fraction of sp³-hybridized carbons (Fsp3) is 0.450. The Labute approximate surface area is 157 Å². The molecule has 0 aromatic carbocycles. The molecule has 1 aliphatic carbocycles. The largest absolute Gasteiger partial charge is 0.242 e. The second-order valence-electron chi connectivity index (χ2n) is 7.35. The summed E-state index contributed by atoms with van der Waals surface area (Å²) in [6.07, 6.45) is 6.33. The summed E-state index contributed by atoms with van der Waals surface area (Å²) in [5, 5.41) is 2.35. The van der Waals surface area contributed by atoms with E-state index in [-0.39, 0.29) is 0 Å². The summed E-state index contributed by atoms with van der Waals surface area (Å²) in [7, 11) is 0. The molecule has 0 aliphatic heterocycles. The lowest BCUT2D eigenvalue weighted by molar-refractivity contribution is 0.632. The van der Waals surface area contributed by atoms with E-state index in [2.05, 4.69) is 37.3 Å². The van der Waals surface area contributed by atoms with Gasteiger partial charge in [0.05, 0.1) is 10.2 Å². The van der Waals surface area contributed by atoms with Crippen LogP contribution < -0.4 is 0 Å². The van der Waals surface area contributed by atoms with Crippen LogP contribution >= 0.6 is 23.1 Å². The van der Waals surface area contributed by atoms with E-state index in [4.69, 9.17) is 4.98 Å². The van der Waals surface area contributed by atoms with Gasteiger partial charge in [-0.15, -0.1) is 23.1 Å². The van der Waals surface area contributed by atoms with Crippen molar-refractivity contribution in [1.29, 1.82) is 0 Å². The van der Waals surface area contributed by atoms with Crippen molar-refractivity contribution in [3.8, 4) is 0 Å². The molecule has 1 aliphatic rings. The summed E-state index contributed by atoms with van der Waals surface area (Å²) in [6, 6.07) is 0. The molecule has 3 nitrogen and oxygen atoms in total. The van der Waals surface area contributed by atoms with Crippen molar-refractivity contribution in [2.75, 3.05) is 5.75 Å². The molecular weight excluding hydrogens is 346 g/mol. The van der Waals surface area contributed by atoms with Crippen LogP contribution in [0.3, 0.4) is 0 Å². The van der Waals surface area contributed by atoms with Crippen molar-refractivity contribution in [2.24, 2.45) is 5.92 Å². The second-order valence-corrected chi connectivity index (χ2v) is 9.31. The first-order chi connectivity index (χ1) is 12.0. The van der Waals surface area contributed by atoms with Gasteiger partial charge in [0.1, 0.15) is 16.2 Å². The number of aryl methyl sites for hydroxylation is 1. The first-order valence-electron chi connectivity index (χ1n) is 8.89. The van der Waals surface area contributed by atoms with E-state index in [9.17, 15) is 0 Å². The molecule has 3 aromatic heterocycles. The molecule has 0 radical (unpaired) electrons. The third kappa shape index (κ3) is 3.08. The minimum Gasteiger partial charge on any atom is -0.242 e. The summed E-state index contributed by atoms with van der Waals surface area (Å²) in [4.78, 5) is 15.4. The van der Waals surface area contributed by atoms with Gasteiger partial charge in [0, 0.05) is 16.8 Å². The lowest BCUT2D eigenvalue weighted by Crippen LogP contribution is -2.03. The zero-order valence-electron chi connectivity index (χ0n) is 15.1. The van der Waals surface area contributed by atoms with Gasteiger partial charge in [0.2, 0.25) is 0 Å². The Morgan fingerprint density at radius 1 is 1.28 bits per heavy atom. The van der Waals surface area contributed by atoms with Crippen LogP contribution in [0.4, 0.5) is 0 Å². The minimum atomic E-state index is 0.630. The molecule has 0 bridgehead atoms. The highest BCUT2D eigenvalue weighted by Crippen LogP contribution is 2.42. The number of thiophene rings is 1. The van der Waals surface area contributed by atoms with Crippen LogP contribution in [-0.4, -0.2) is 20.7 Å². The highest BCUT2D eigenvalue weighted by molar-refractivity contribution is 7.99. The molecule has 0 saturated carbocycles. The molecule has 3 aromatic rings. The summed E-state index contributed by atoms with van der Waals surface area (Å²) < 4.78 is 1.19. The standard InChI is InChI=1S/C20H23N3S2/c1-11(2)8-15-13-6-5-7-14(13)16-17-18(25-19(16)23-15)20(22-10-21-17)24-9-12(3)4/h10-11H,3,5-9H2,1-2,4H3. The Kier molecular flexibility index (Phi) is 4.54. The van der Waals surface area contributed by atoms with Crippen LogP contribution in [0.2, 0.25) is 0 Å². The molecule has 0 amide bonds. The average Bonchev–Trinajstić information content (AvgIpc) is 3.16. The van der Waals surface area contributed by atoms with Crippen LogP contribution in [-0.2, 0) is 19.3 Å². The average molecular weight is 370 g/mol. The van der Waals surface area contributed by atoms with E-state index >= 15 is 0 Å². The minimum absolute atomic E-state index is 0.630. The number of rotatable bonds is 5. The zero-order valence-corrected chi connectivity index (χ0v) is 16.7. The van der Waals surface area contributed by atoms with Gasteiger partial charge in [-0.2, -0.15) is 0 Å². The van der Waals surface area contributed by atoms with Crippen molar-refractivity contribution in [3.63, 3.8) is 0 Å². The number of fused-ring (bicyclic) bond motifs is 5. The van der Waals surface area contributed by atoms with E-state index in [1.807, 2.05) is 0 Å². The van der Waals surface area contributed by atoms with Crippen molar-refractivity contribution in [1.82, 2.24) is 15.0 Å². The Hall–Kier alpha value is -1.46. The van der Waals surface area contributed by atoms with Crippen LogP contribution in [0.5, 0.6) is 0 Å². The van der Waals surface area contributed by atoms with Gasteiger partial charge in [-0.1, -0.05) is 26.0 Å². The predicted molar refractivity (Wildman–Crippen MR) is 109 cm³/mol. The zero-order chi connectivity index (χ0) is 17.6. The Balaban J connectivity index is 1.93. The van der Waals surface area contributed by atoms with Crippen molar-refractivity contribution >= 4 is 43.5 Å². The van der Waals surface area contributed by atoms with Gasteiger partial charge in [0.15, 0.2) is 0 Å². The Morgan fingerprint density at radius 3 is 2.84 bits per heavy atom. The molecule has 5 heteroatoms. The third-order valence-corrected chi connectivity index (χ3v) is 7.01. The molecule has 25 heavy (non-hydrogen) atoms. The Morgan fingerprint density at radius 2 is 2.08 bits per heavy atom. The topological polar surface area (TPSA) is 38.7 Å². The number of nitrogens with zero attached hydrogens (tertiary/aromatic N) is 3. The van der Waals surface area contributed by atoms with Crippen molar-refractivity contribution in [3.05, 3.63) is 35.3 Å². The number of hydrogen-bond donors (Lipinski definition) is 0. The van der Waals surface area contributed by atoms with Crippen LogP contribution in [0.25, 0.3) is 20.4 Å². The monoisotopic (exact) mass is 369 g/mol. The summed E-state index contributed by atoms with van der Waals surface area (Å²) in [5.74, 6) is 1.52. The van der Waals surface area contributed by atoms with E-state index in [0.717, 1.165) is 39.5 Å². The van der Waals surface area contributed by atoms with Gasteiger partial charge >= 0.3 is 0 Å². The number of aromatic nitrogens is 3. The van der Waals surface area contributed by atoms with E-state index < -0.39 is 0 Å². The van der Waals surface area contributed by atoms with Gasteiger partial charge in [-0.05, 0) is 49.7 Å². The van der Waals surface area contributed by atoms with E-state index in [0.29, 0.717) is 5.92 Å². The molecule has 130 valence electrons. The smallest absolute Gasteiger partial charge is 0.126 e. The maximum atomic E-state index is 5.08. The molecule has 0 atom stereocenters. The number of thioether (sulfide) groups is 1. The van der Waals surface area contributed by atoms with Gasteiger partial charge in [0.25, 0.3) is 0 Å². The Bertz CT molecular complexity index is 972. The molecule has 0 fully saturated rings. The molecule has 0 spiro atoms. The lowest BCUT2D eigenvalue weighted by Gasteiger charge is -2.11. The summed E-state index contributed by atoms with van der Waals surface area (Å²) in [6.45, 7) is 10.6. The molecule has 0 N–H and O–H groups in total. The molecule has 0 unspecified atom stereocenters. The predicted octanol–water partition coefficient (Wildman–Crippen LogP) is 5.59. The van der Waals surface area contributed by atoms with Gasteiger partial charge in [-0.25, -0.2) is 15.0 Å². The molecule has 3 heterocycles. The number of pyridine rings is 1. The second kappa shape index (κ2) is 6.69. The lowest BCUT2D eigenvalue weighted by atomic mass is 9.99.